The van der Waals surface area contributed by atoms with Crippen molar-refractivity contribution in [3.8, 4) is 45.2 Å². The second-order valence-electron chi connectivity index (χ2n) is 9.93. The number of nitrogens with zero attached hydrogens (tertiary/aromatic N) is 4. The lowest BCUT2D eigenvalue weighted by Gasteiger charge is -2.10. The number of rotatable bonds is 4. The van der Waals surface area contributed by atoms with Crippen molar-refractivity contribution in [3.05, 3.63) is 134 Å². The zero-order valence-corrected chi connectivity index (χ0v) is 21.9. The van der Waals surface area contributed by atoms with Crippen LogP contribution in [0.1, 0.15) is 0 Å². The maximum absolute atomic E-state index is 6.33. The van der Waals surface area contributed by atoms with E-state index < -0.39 is 0 Å². The van der Waals surface area contributed by atoms with E-state index in [9.17, 15) is 0 Å². The maximum atomic E-state index is 6.33. The predicted molar refractivity (Wildman–Crippen MR) is 164 cm³/mol. The van der Waals surface area contributed by atoms with Gasteiger partial charge in [0.2, 0.25) is 0 Å². The average Bonchev–Trinajstić information content (AvgIpc) is 3.43. The minimum absolute atomic E-state index is 0.680. The van der Waals surface area contributed by atoms with Gasteiger partial charge in [-0.25, -0.2) is 15.0 Å². The molecule has 0 aliphatic rings. The van der Waals surface area contributed by atoms with Gasteiger partial charge in [-0.2, -0.15) is 0 Å². The molecule has 5 aromatic carbocycles. The van der Waals surface area contributed by atoms with E-state index in [2.05, 4.69) is 35.3 Å². The highest BCUT2D eigenvalue weighted by Crippen LogP contribution is 2.39. The molecule has 0 amide bonds. The summed E-state index contributed by atoms with van der Waals surface area (Å²) in [7, 11) is 0. The molecule has 0 atom stereocenters. The Morgan fingerprint density at radius 1 is 0.463 bits per heavy atom. The van der Waals surface area contributed by atoms with E-state index in [0.717, 1.165) is 72.3 Å². The van der Waals surface area contributed by atoms with Gasteiger partial charge in [0.05, 0.1) is 34.3 Å². The Kier molecular flexibility index (Phi) is 5.38. The molecule has 3 aromatic heterocycles. The summed E-state index contributed by atoms with van der Waals surface area (Å²) in [6, 6.07) is 42.6. The van der Waals surface area contributed by atoms with Crippen LogP contribution in [0.15, 0.2) is 138 Å². The number of hydrogen-bond acceptors (Lipinski definition) is 5. The van der Waals surface area contributed by atoms with Crippen LogP contribution < -0.4 is 0 Å². The highest BCUT2D eigenvalue weighted by molar-refractivity contribution is 6.13. The summed E-state index contributed by atoms with van der Waals surface area (Å²) >= 11 is 0. The molecule has 0 fully saturated rings. The molecule has 0 aliphatic heterocycles. The lowest BCUT2D eigenvalue weighted by Crippen LogP contribution is -1.96. The monoisotopic (exact) mass is 526 g/mol. The van der Waals surface area contributed by atoms with Gasteiger partial charge in [0, 0.05) is 33.0 Å². The fraction of sp³-hybridized carbons (Fsp3) is 0. The molecule has 0 saturated heterocycles. The lowest BCUT2D eigenvalue weighted by atomic mass is 10.00. The Labute approximate surface area is 235 Å². The molecule has 0 bridgehead atoms. The summed E-state index contributed by atoms with van der Waals surface area (Å²) in [5, 5.41) is 2.01. The fourth-order valence-corrected chi connectivity index (χ4v) is 5.35. The number of benzene rings is 5. The van der Waals surface area contributed by atoms with E-state index in [0.29, 0.717) is 5.82 Å². The van der Waals surface area contributed by atoms with Gasteiger partial charge in [0.1, 0.15) is 11.2 Å². The quantitative estimate of drug-likeness (QED) is 0.229. The minimum Gasteiger partial charge on any atom is -0.456 e. The molecule has 8 rings (SSSR count). The third-order valence-corrected chi connectivity index (χ3v) is 7.34. The van der Waals surface area contributed by atoms with Gasteiger partial charge in [0.25, 0.3) is 0 Å². The number of furan rings is 1. The Morgan fingerprint density at radius 3 is 2.02 bits per heavy atom. The molecular weight excluding hydrogens is 504 g/mol. The van der Waals surface area contributed by atoms with E-state index in [1.54, 1.807) is 0 Å². The molecule has 192 valence electrons. The summed E-state index contributed by atoms with van der Waals surface area (Å²) in [5.74, 6) is 0.680. The summed E-state index contributed by atoms with van der Waals surface area (Å²) in [6.07, 6.45) is 1.83. The Bertz CT molecular complexity index is 2150. The van der Waals surface area contributed by atoms with Crippen LogP contribution in [0.2, 0.25) is 0 Å². The predicted octanol–water partition coefficient (Wildman–Crippen LogP) is 8.99. The van der Waals surface area contributed by atoms with Crippen molar-refractivity contribution in [3.63, 3.8) is 0 Å². The zero-order valence-electron chi connectivity index (χ0n) is 21.9. The number of aromatic nitrogens is 4. The zero-order chi connectivity index (χ0) is 27.2. The third kappa shape index (κ3) is 4.12. The molecule has 0 saturated carbocycles. The van der Waals surface area contributed by atoms with Crippen LogP contribution in [0, 0.1) is 0 Å². The van der Waals surface area contributed by atoms with E-state index in [1.807, 2.05) is 103 Å². The van der Waals surface area contributed by atoms with Crippen molar-refractivity contribution in [2.24, 2.45) is 0 Å². The standard InChI is InChI=1S/C36H22N4O/c1-3-10-23(11-4-1)30-21-31(40-36(39-30)24-12-5-2-6-13-24)26-14-9-17-34-35(26)27-20-25(18-19-33(27)41-34)32-22-37-28-15-7-8-16-29(28)38-32/h1-22H. The molecule has 0 radical (unpaired) electrons. The minimum atomic E-state index is 0.680. The third-order valence-electron chi connectivity index (χ3n) is 7.34. The van der Waals surface area contributed by atoms with Gasteiger partial charge in [-0.15, -0.1) is 0 Å². The van der Waals surface area contributed by atoms with Crippen LogP contribution in [0.3, 0.4) is 0 Å². The van der Waals surface area contributed by atoms with Crippen molar-refractivity contribution >= 4 is 33.0 Å². The van der Waals surface area contributed by atoms with Crippen LogP contribution in [0.25, 0.3) is 78.1 Å². The van der Waals surface area contributed by atoms with Crippen LogP contribution in [-0.4, -0.2) is 19.9 Å². The fourth-order valence-electron chi connectivity index (χ4n) is 5.35. The van der Waals surface area contributed by atoms with Crippen molar-refractivity contribution in [1.29, 1.82) is 0 Å². The molecule has 8 aromatic rings. The number of hydrogen-bond donors (Lipinski definition) is 0. The first-order chi connectivity index (χ1) is 20.3. The summed E-state index contributed by atoms with van der Waals surface area (Å²) in [5.41, 5.74) is 9.84. The molecule has 5 nitrogen and oxygen atoms in total. The number of para-hydroxylation sites is 2. The van der Waals surface area contributed by atoms with Crippen LogP contribution in [0.5, 0.6) is 0 Å². The first kappa shape index (κ1) is 23.2. The Hall–Kier alpha value is -5.68. The SMILES string of the molecule is c1ccc(-c2cc(-c3cccc4oc5ccc(-c6cnc7ccccc7n6)cc5c34)nc(-c3ccccc3)n2)cc1. The second kappa shape index (κ2) is 9.50. The molecule has 0 spiro atoms. The molecule has 0 aliphatic carbocycles. The van der Waals surface area contributed by atoms with Crippen molar-refractivity contribution in [2.45, 2.75) is 0 Å². The Balaban J connectivity index is 1.35. The first-order valence-electron chi connectivity index (χ1n) is 13.5. The van der Waals surface area contributed by atoms with Gasteiger partial charge in [-0.3, -0.25) is 4.98 Å². The molecule has 5 heteroatoms. The second-order valence-corrected chi connectivity index (χ2v) is 9.93. The normalized spacial score (nSPS) is 11.4. The molecule has 3 heterocycles. The maximum Gasteiger partial charge on any atom is 0.160 e. The van der Waals surface area contributed by atoms with Crippen molar-refractivity contribution in [2.75, 3.05) is 0 Å². The molecule has 0 N–H and O–H groups in total. The van der Waals surface area contributed by atoms with Crippen LogP contribution >= 0.6 is 0 Å². The molecule has 41 heavy (non-hydrogen) atoms. The van der Waals surface area contributed by atoms with Crippen LogP contribution in [0.4, 0.5) is 0 Å². The van der Waals surface area contributed by atoms with Gasteiger partial charge < -0.3 is 4.42 Å². The van der Waals surface area contributed by atoms with Crippen molar-refractivity contribution < 1.29 is 4.42 Å². The van der Waals surface area contributed by atoms with Gasteiger partial charge in [-0.1, -0.05) is 84.9 Å². The van der Waals surface area contributed by atoms with E-state index in [1.165, 1.54) is 0 Å². The topological polar surface area (TPSA) is 64.7 Å². The van der Waals surface area contributed by atoms with Crippen molar-refractivity contribution in [1.82, 2.24) is 19.9 Å². The summed E-state index contributed by atoms with van der Waals surface area (Å²) < 4.78 is 6.33. The van der Waals surface area contributed by atoms with Crippen LogP contribution in [-0.2, 0) is 0 Å². The van der Waals surface area contributed by atoms with Gasteiger partial charge in [-0.05, 0) is 42.5 Å². The molecular formula is C36H22N4O. The highest BCUT2D eigenvalue weighted by atomic mass is 16.3. The summed E-state index contributed by atoms with van der Waals surface area (Å²) in [4.78, 5) is 19.5. The Morgan fingerprint density at radius 2 is 1.20 bits per heavy atom. The van der Waals surface area contributed by atoms with E-state index in [-0.39, 0.29) is 0 Å². The number of fused-ring (bicyclic) bond motifs is 4. The molecule has 0 unspecified atom stereocenters. The first-order valence-corrected chi connectivity index (χ1v) is 13.5. The lowest BCUT2D eigenvalue weighted by molar-refractivity contribution is 0.669. The van der Waals surface area contributed by atoms with Gasteiger partial charge in [0.15, 0.2) is 5.82 Å². The highest BCUT2D eigenvalue weighted by Gasteiger charge is 2.17. The summed E-state index contributed by atoms with van der Waals surface area (Å²) in [6.45, 7) is 0. The van der Waals surface area contributed by atoms with E-state index in [4.69, 9.17) is 19.4 Å². The average molecular weight is 527 g/mol. The largest absolute Gasteiger partial charge is 0.456 e. The van der Waals surface area contributed by atoms with Gasteiger partial charge >= 0.3 is 0 Å². The van der Waals surface area contributed by atoms with E-state index >= 15 is 0 Å². The smallest absolute Gasteiger partial charge is 0.160 e.